The summed E-state index contributed by atoms with van der Waals surface area (Å²) in [6.07, 6.45) is 7.57. The molecule has 0 aromatic carbocycles. The number of carbonyl (C=O) groups is 1. The molecule has 0 saturated heterocycles. The predicted octanol–water partition coefficient (Wildman–Crippen LogP) is 6.19. The molecule has 0 heterocycles. The van der Waals surface area contributed by atoms with Crippen molar-refractivity contribution in [1.29, 1.82) is 0 Å². The molecule has 1 rings (SSSR count). The summed E-state index contributed by atoms with van der Waals surface area (Å²) >= 11 is 2.04. The number of ether oxygens (including phenoxy) is 1. The monoisotopic (exact) mass is 476 g/mol. The summed E-state index contributed by atoms with van der Waals surface area (Å²) in [5, 5.41) is 0.0749. The van der Waals surface area contributed by atoms with Crippen molar-refractivity contribution in [1.82, 2.24) is 0 Å². The fraction of sp³-hybridized carbons (Fsp3) is 0.750. The lowest BCUT2D eigenvalue weighted by Crippen LogP contribution is -2.45. The van der Waals surface area contributed by atoms with E-state index in [-0.39, 0.29) is 11.0 Å². The molecule has 1 aliphatic carbocycles. The average molecular weight is 476 g/mol. The molecule has 0 amide bonds. The van der Waals surface area contributed by atoms with Gasteiger partial charge < -0.3 is 9.16 Å². The Morgan fingerprint density at radius 3 is 2.56 bits per heavy atom. The second-order valence-electron chi connectivity index (χ2n) is 8.28. The van der Waals surface area contributed by atoms with Crippen LogP contribution in [0.1, 0.15) is 66.2 Å². The molecule has 0 fully saturated rings. The van der Waals surface area contributed by atoms with E-state index in [1.807, 2.05) is 29.5 Å². The molecule has 0 bridgehead atoms. The van der Waals surface area contributed by atoms with Crippen LogP contribution in [0.25, 0.3) is 0 Å². The van der Waals surface area contributed by atoms with E-state index < -0.39 is 13.7 Å². The van der Waals surface area contributed by atoms with Crippen molar-refractivity contribution in [2.75, 3.05) is 6.61 Å². The van der Waals surface area contributed by atoms with E-state index in [2.05, 4.69) is 49.8 Å². The first-order valence-electron chi connectivity index (χ1n) is 9.26. The first kappa shape index (κ1) is 22.6. The Morgan fingerprint density at radius 1 is 1.32 bits per heavy atom. The van der Waals surface area contributed by atoms with Crippen molar-refractivity contribution in [3.05, 3.63) is 11.8 Å². The highest BCUT2D eigenvalue weighted by Crippen LogP contribution is 2.46. The third-order valence-electron chi connectivity index (χ3n) is 5.40. The lowest BCUT2D eigenvalue weighted by molar-refractivity contribution is -0.155. The van der Waals surface area contributed by atoms with Gasteiger partial charge in [-0.15, -0.1) is 0 Å². The summed E-state index contributed by atoms with van der Waals surface area (Å²) < 4.78 is 15.1. The molecule has 3 nitrogen and oxygen atoms in total. The molecule has 1 atom stereocenters. The highest BCUT2D eigenvalue weighted by atomic mass is 127. The van der Waals surface area contributed by atoms with Gasteiger partial charge in [-0.1, -0.05) is 39.5 Å². The van der Waals surface area contributed by atoms with Gasteiger partial charge >= 0.3 is 5.97 Å². The number of esters is 1. The second kappa shape index (κ2) is 9.45. The van der Waals surface area contributed by atoms with Crippen LogP contribution in [0.5, 0.6) is 0 Å². The van der Waals surface area contributed by atoms with Crippen molar-refractivity contribution in [2.24, 2.45) is 5.41 Å². The summed E-state index contributed by atoms with van der Waals surface area (Å²) in [6, 6.07) is 0. The Morgan fingerprint density at radius 2 is 2.00 bits per heavy atom. The third kappa shape index (κ3) is 5.75. The van der Waals surface area contributed by atoms with Crippen molar-refractivity contribution in [3.8, 4) is 9.85 Å². The van der Waals surface area contributed by atoms with Gasteiger partial charge in [0, 0.05) is 29.0 Å². The average Bonchev–Trinajstić information content (AvgIpc) is 2.49. The van der Waals surface area contributed by atoms with Crippen LogP contribution >= 0.6 is 22.6 Å². The zero-order valence-electron chi connectivity index (χ0n) is 16.6. The zero-order chi connectivity index (χ0) is 19.1. The van der Waals surface area contributed by atoms with E-state index in [1.54, 1.807) is 0 Å². The quantitative estimate of drug-likeness (QED) is 0.205. The zero-order valence-corrected chi connectivity index (χ0v) is 19.8. The van der Waals surface area contributed by atoms with Crippen LogP contribution in [-0.4, -0.2) is 20.9 Å². The smallest absolute Gasteiger partial charge is 0.320 e. The minimum atomic E-state index is -2.05. The summed E-state index contributed by atoms with van der Waals surface area (Å²) in [7, 11) is -2.05. The number of allylic oxidation sites excluding steroid dienone is 1. The standard InChI is InChI=1S/C20H33IO3Si/c1-7-23-18(22)20(15-12-16-21)14-11-9-8-10-13-17(20)24-25(5,6)19(2,3)4/h13H,7-11,14-15H2,1-6H3/b17-13+. The normalized spacial score (nSPS) is 24.0. The van der Waals surface area contributed by atoms with E-state index in [0.29, 0.717) is 13.0 Å². The van der Waals surface area contributed by atoms with Crippen LogP contribution in [0.4, 0.5) is 0 Å². The Labute approximate surface area is 168 Å². The molecule has 25 heavy (non-hydrogen) atoms. The van der Waals surface area contributed by atoms with E-state index in [9.17, 15) is 4.79 Å². The highest BCUT2D eigenvalue weighted by molar-refractivity contribution is 14.1. The Hall–Kier alpha value is -0.483. The van der Waals surface area contributed by atoms with Gasteiger partial charge in [0.15, 0.2) is 0 Å². The molecule has 142 valence electrons. The van der Waals surface area contributed by atoms with E-state index in [4.69, 9.17) is 9.16 Å². The molecular formula is C20H33IO3Si. The highest BCUT2D eigenvalue weighted by Gasteiger charge is 2.48. The molecular weight excluding hydrogens is 443 g/mol. The fourth-order valence-electron chi connectivity index (χ4n) is 2.77. The minimum Gasteiger partial charge on any atom is -0.546 e. The number of carbonyl (C=O) groups excluding carboxylic acids is 1. The molecule has 0 N–H and O–H groups in total. The van der Waals surface area contributed by atoms with Crippen molar-refractivity contribution in [2.45, 2.75) is 84.4 Å². The fourth-order valence-corrected chi connectivity index (χ4v) is 4.10. The van der Waals surface area contributed by atoms with Crippen LogP contribution < -0.4 is 0 Å². The van der Waals surface area contributed by atoms with E-state index >= 15 is 0 Å². The van der Waals surface area contributed by atoms with Crippen LogP contribution in [-0.2, 0) is 14.0 Å². The molecule has 0 radical (unpaired) electrons. The van der Waals surface area contributed by atoms with Crippen molar-refractivity contribution < 1.29 is 14.0 Å². The van der Waals surface area contributed by atoms with Gasteiger partial charge in [0.25, 0.3) is 0 Å². The van der Waals surface area contributed by atoms with Crippen LogP contribution in [0, 0.1) is 15.3 Å². The molecule has 0 saturated carbocycles. The molecule has 0 spiro atoms. The number of rotatable bonds is 5. The van der Waals surface area contributed by atoms with Crippen LogP contribution in [0.15, 0.2) is 11.8 Å². The summed E-state index contributed by atoms with van der Waals surface area (Å²) in [5.74, 6) is 3.77. The minimum absolute atomic E-state index is 0.0749. The van der Waals surface area contributed by atoms with Gasteiger partial charge in [0.1, 0.15) is 5.41 Å². The summed E-state index contributed by atoms with van der Waals surface area (Å²) in [5.41, 5.74) is -0.760. The molecule has 0 aromatic rings. The second-order valence-corrected chi connectivity index (χ2v) is 13.5. The maximum atomic E-state index is 13.0. The van der Waals surface area contributed by atoms with E-state index in [1.165, 1.54) is 0 Å². The van der Waals surface area contributed by atoms with Gasteiger partial charge in [-0.25, -0.2) is 0 Å². The van der Waals surface area contributed by atoms with Gasteiger partial charge in [-0.2, -0.15) is 0 Å². The maximum Gasteiger partial charge on any atom is 0.320 e. The number of hydrogen-bond donors (Lipinski definition) is 0. The molecule has 0 aromatic heterocycles. The number of hydrogen-bond acceptors (Lipinski definition) is 3. The molecule has 1 aliphatic rings. The summed E-state index contributed by atoms with van der Waals surface area (Å²) in [4.78, 5) is 13.0. The van der Waals surface area contributed by atoms with Crippen molar-refractivity contribution in [3.63, 3.8) is 0 Å². The maximum absolute atomic E-state index is 13.0. The topological polar surface area (TPSA) is 35.5 Å². The van der Waals surface area contributed by atoms with Crippen LogP contribution in [0.2, 0.25) is 18.1 Å². The Balaban J connectivity index is 3.38. The summed E-state index contributed by atoms with van der Waals surface area (Å²) in [6.45, 7) is 13.4. The Kier molecular flexibility index (Phi) is 8.53. The Bertz CT molecular complexity index is 552. The van der Waals surface area contributed by atoms with Gasteiger partial charge in [0.05, 0.1) is 12.4 Å². The lowest BCUT2D eigenvalue weighted by atomic mass is 9.76. The predicted molar refractivity (Wildman–Crippen MR) is 115 cm³/mol. The molecule has 1 unspecified atom stereocenters. The lowest BCUT2D eigenvalue weighted by Gasteiger charge is -2.42. The van der Waals surface area contributed by atoms with Crippen molar-refractivity contribution >= 4 is 36.9 Å². The third-order valence-corrected chi connectivity index (χ3v) is 10.1. The number of halogens is 1. The first-order valence-corrected chi connectivity index (χ1v) is 13.2. The van der Waals surface area contributed by atoms with Gasteiger partial charge in [-0.3, -0.25) is 4.79 Å². The van der Waals surface area contributed by atoms with Gasteiger partial charge in [0.2, 0.25) is 8.32 Å². The van der Waals surface area contributed by atoms with Crippen LogP contribution in [0.3, 0.4) is 0 Å². The van der Waals surface area contributed by atoms with E-state index in [0.717, 1.165) is 37.9 Å². The molecule has 5 heteroatoms. The van der Waals surface area contributed by atoms with Gasteiger partial charge in [-0.05, 0) is 54.3 Å². The SMILES string of the molecule is CCOC(=O)C1(CC#CI)CCCCC/C=C\1O[Si](C)(C)C(C)(C)C. The largest absolute Gasteiger partial charge is 0.546 e. The molecule has 0 aliphatic heterocycles. The first-order chi connectivity index (χ1) is 11.6.